The zero-order valence-corrected chi connectivity index (χ0v) is 14.9. The molecule has 1 aliphatic carbocycles. The predicted octanol–water partition coefficient (Wildman–Crippen LogP) is 4.43. The van der Waals surface area contributed by atoms with Crippen molar-refractivity contribution in [2.24, 2.45) is 5.92 Å². The van der Waals surface area contributed by atoms with Gasteiger partial charge >= 0.3 is 0 Å². The smallest absolute Gasteiger partial charge is 0.166 e. The number of carbonyl (C=O) groups is 2. The molecule has 0 amide bonds. The topological polar surface area (TPSA) is 43.4 Å². The molecule has 0 radical (unpaired) electrons. The molecule has 0 saturated heterocycles. The van der Waals surface area contributed by atoms with Crippen LogP contribution in [-0.4, -0.2) is 18.2 Å². The minimum Gasteiger partial charge on any atom is -0.376 e. The number of allylic oxidation sites excluding steroid dienone is 1. The molecule has 3 nitrogen and oxygen atoms in total. The Bertz CT molecular complexity index is 781. The van der Waals surface area contributed by atoms with Crippen molar-refractivity contribution in [1.82, 2.24) is 0 Å². The first-order valence-corrected chi connectivity index (χ1v) is 9.08. The van der Waals surface area contributed by atoms with Crippen LogP contribution < -0.4 is 0 Å². The van der Waals surface area contributed by atoms with Gasteiger partial charge in [0.2, 0.25) is 0 Å². The van der Waals surface area contributed by atoms with Crippen LogP contribution in [0, 0.1) is 5.92 Å². The molecule has 0 aliphatic heterocycles. The highest BCUT2D eigenvalue weighted by Crippen LogP contribution is 2.38. The van der Waals surface area contributed by atoms with E-state index in [1.807, 2.05) is 67.6 Å². The number of hydrogen-bond acceptors (Lipinski definition) is 4. The Labute approximate surface area is 152 Å². The SMILES string of the molecule is CC1=C(Sc2ccccc2)C(COCc2ccccc2)C(=O)CC1=O. The third-order valence-electron chi connectivity index (χ3n) is 4.19. The Morgan fingerprint density at radius 1 is 1.00 bits per heavy atom. The number of hydrogen-bond donors (Lipinski definition) is 0. The van der Waals surface area contributed by atoms with Crippen LogP contribution in [-0.2, 0) is 20.9 Å². The molecule has 0 heterocycles. The van der Waals surface area contributed by atoms with E-state index in [2.05, 4.69) is 0 Å². The summed E-state index contributed by atoms with van der Waals surface area (Å²) in [7, 11) is 0. The van der Waals surface area contributed by atoms with E-state index in [0.717, 1.165) is 15.4 Å². The third kappa shape index (κ3) is 4.47. The third-order valence-corrected chi connectivity index (χ3v) is 5.51. The van der Waals surface area contributed by atoms with Crippen LogP contribution in [0.25, 0.3) is 0 Å². The predicted molar refractivity (Wildman–Crippen MR) is 99.2 cm³/mol. The summed E-state index contributed by atoms with van der Waals surface area (Å²) in [6, 6.07) is 19.7. The monoisotopic (exact) mass is 352 g/mol. The lowest BCUT2D eigenvalue weighted by Crippen LogP contribution is -2.30. The summed E-state index contributed by atoms with van der Waals surface area (Å²) in [6.07, 6.45) is -0.0238. The number of thioether (sulfide) groups is 1. The van der Waals surface area contributed by atoms with Crippen LogP contribution in [0.4, 0.5) is 0 Å². The van der Waals surface area contributed by atoms with Crippen molar-refractivity contribution < 1.29 is 14.3 Å². The fourth-order valence-electron chi connectivity index (χ4n) is 2.76. The van der Waals surface area contributed by atoms with Crippen molar-refractivity contribution >= 4 is 23.3 Å². The quantitative estimate of drug-likeness (QED) is 0.722. The van der Waals surface area contributed by atoms with Gasteiger partial charge in [-0.3, -0.25) is 9.59 Å². The average molecular weight is 352 g/mol. The molecule has 0 N–H and O–H groups in total. The lowest BCUT2D eigenvalue weighted by Gasteiger charge is -2.25. The van der Waals surface area contributed by atoms with Gasteiger partial charge in [0, 0.05) is 15.4 Å². The molecule has 0 fully saturated rings. The summed E-state index contributed by atoms with van der Waals surface area (Å²) >= 11 is 1.49. The van der Waals surface area contributed by atoms with Gasteiger partial charge in [-0.05, 0) is 24.6 Å². The van der Waals surface area contributed by atoms with Gasteiger partial charge in [-0.2, -0.15) is 0 Å². The Morgan fingerprint density at radius 2 is 1.64 bits per heavy atom. The summed E-state index contributed by atoms with van der Waals surface area (Å²) in [4.78, 5) is 26.4. The zero-order valence-electron chi connectivity index (χ0n) is 14.1. The van der Waals surface area contributed by atoms with Crippen LogP contribution in [0.2, 0.25) is 0 Å². The summed E-state index contributed by atoms with van der Waals surface area (Å²) in [5.41, 5.74) is 1.75. The molecule has 0 saturated carbocycles. The summed E-state index contributed by atoms with van der Waals surface area (Å²) in [6.45, 7) is 2.57. The normalized spacial score (nSPS) is 17.9. The molecule has 4 heteroatoms. The van der Waals surface area contributed by atoms with Crippen LogP contribution in [0.15, 0.2) is 76.0 Å². The molecule has 3 rings (SSSR count). The number of Topliss-reactive ketones (excluding diaryl/α,β-unsaturated/α-hetero) is 2. The van der Waals surface area contributed by atoms with Crippen LogP contribution in [0.5, 0.6) is 0 Å². The van der Waals surface area contributed by atoms with Gasteiger partial charge in [0.05, 0.1) is 25.6 Å². The summed E-state index contributed by atoms with van der Waals surface area (Å²) in [5.74, 6) is -0.503. The second kappa shape index (κ2) is 8.28. The van der Waals surface area contributed by atoms with E-state index in [1.165, 1.54) is 11.8 Å². The number of carbonyl (C=O) groups excluding carboxylic acids is 2. The summed E-state index contributed by atoms with van der Waals surface area (Å²) in [5, 5.41) is 0. The van der Waals surface area contributed by atoms with E-state index < -0.39 is 0 Å². The molecule has 2 aromatic carbocycles. The van der Waals surface area contributed by atoms with Gasteiger partial charge < -0.3 is 4.74 Å². The molecule has 1 aliphatic rings. The molecule has 128 valence electrons. The van der Waals surface area contributed by atoms with Crippen molar-refractivity contribution in [3.63, 3.8) is 0 Å². The zero-order chi connectivity index (χ0) is 17.6. The van der Waals surface area contributed by atoms with E-state index in [0.29, 0.717) is 18.8 Å². The molecule has 0 bridgehead atoms. The standard InChI is InChI=1S/C21H20O3S/c1-15-19(22)12-20(23)18(14-24-13-16-8-4-2-5-9-16)21(15)25-17-10-6-3-7-11-17/h2-11,18H,12-14H2,1H3. The highest BCUT2D eigenvalue weighted by Gasteiger charge is 2.33. The molecule has 25 heavy (non-hydrogen) atoms. The minimum atomic E-state index is -0.369. The van der Waals surface area contributed by atoms with Crippen molar-refractivity contribution in [2.75, 3.05) is 6.61 Å². The number of benzene rings is 2. The fourth-order valence-corrected chi connectivity index (χ4v) is 3.92. The van der Waals surface area contributed by atoms with Crippen LogP contribution in [0.1, 0.15) is 18.9 Å². The van der Waals surface area contributed by atoms with E-state index >= 15 is 0 Å². The first-order valence-electron chi connectivity index (χ1n) is 8.26. The molecule has 1 unspecified atom stereocenters. The van der Waals surface area contributed by atoms with Gasteiger partial charge in [0.15, 0.2) is 11.6 Å². The average Bonchev–Trinajstić information content (AvgIpc) is 2.63. The Hall–Kier alpha value is -2.17. The number of rotatable bonds is 6. The van der Waals surface area contributed by atoms with Crippen molar-refractivity contribution in [3.05, 3.63) is 76.7 Å². The first-order chi connectivity index (χ1) is 12.1. The molecule has 2 aromatic rings. The van der Waals surface area contributed by atoms with Crippen molar-refractivity contribution in [3.8, 4) is 0 Å². The van der Waals surface area contributed by atoms with E-state index in [9.17, 15) is 9.59 Å². The van der Waals surface area contributed by atoms with Gasteiger partial charge in [-0.15, -0.1) is 0 Å². The second-order valence-corrected chi connectivity index (χ2v) is 7.14. The minimum absolute atomic E-state index is 0.0238. The highest BCUT2D eigenvalue weighted by atomic mass is 32.2. The van der Waals surface area contributed by atoms with Crippen molar-refractivity contribution in [1.29, 1.82) is 0 Å². The Kier molecular flexibility index (Phi) is 5.84. The van der Waals surface area contributed by atoms with E-state index in [-0.39, 0.29) is 23.9 Å². The maximum atomic E-state index is 12.4. The van der Waals surface area contributed by atoms with Gasteiger partial charge in [-0.1, -0.05) is 60.3 Å². The van der Waals surface area contributed by atoms with Crippen LogP contribution in [0.3, 0.4) is 0 Å². The van der Waals surface area contributed by atoms with Gasteiger partial charge in [-0.25, -0.2) is 0 Å². The Morgan fingerprint density at radius 3 is 2.32 bits per heavy atom. The largest absolute Gasteiger partial charge is 0.376 e. The number of ether oxygens (including phenoxy) is 1. The van der Waals surface area contributed by atoms with E-state index in [4.69, 9.17) is 4.74 Å². The maximum absolute atomic E-state index is 12.4. The maximum Gasteiger partial charge on any atom is 0.166 e. The molecular weight excluding hydrogens is 332 g/mol. The van der Waals surface area contributed by atoms with E-state index in [1.54, 1.807) is 0 Å². The fraction of sp³-hybridized carbons (Fsp3) is 0.238. The van der Waals surface area contributed by atoms with Crippen LogP contribution >= 0.6 is 11.8 Å². The second-order valence-electron chi connectivity index (χ2n) is 6.02. The number of ketones is 2. The molecule has 1 atom stereocenters. The Balaban J connectivity index is 1.74. The van der Waals surface area contributed by atoms with Gasteiger partial charge in [0.1, 0.15) is 0 Å². The summed E-state index contributed by atoms with van der Waals surface area (Å²) < 4.78 is 5.80. The van der Waals surface area contributed by atoms with Crippen molar-refractivity contribution in [2.45, 2.75) is 24.8 Å². The highest BCUT2D eigenvalue weighted by molar-refractivity contribution is 8.03. The van der Waals surface area contributed by atoms with Gasteiger partial charge in [0.25, 0.3) is 0 Å². The lowest BCUT2D eigenvalue weighted by atomic mass is 9.89. The molecular formula is C21H20O3S. The lowest BCUT2D eigenvalue weighted by molar-refractivity contribution is -0.129. The molecule has 0 aromatic heterocycles. The first kappa shape index (κ1) is 17.6. The molecule has 0 spiro atoms.